The summed E-state index contributed by atoms with van der Waals surface area (Å²) in [6.07, 6.45) is 0.514. The molecule has 0 heterocycles. The number of benzene rings is 1. The van der Waals surface area contributed by atoms with Crippen LogP contribution in [0.25, 0.3) is 0 Å². The van der Waals surface area contributed by atoms with Crippen LogP contribution in [0.5, 0.6) is 0 Å². The maximum Gasteiger partial charge on any atom is 0.326 e. The second-order valence-corrected chi connectivity index (χ2v) is 3.78. The molecule has 0 radical (unpaired) electrons. The lowest BCUT2D eigenvalue weighted by Crippen LogP contribution is -2.28. The van der Waals surface area contributed by atoms with Crippen LogP contribution in [0.4, 0.5) is 5.69 Å². The summed E-state index contributed by atoms with van der Waals surface area (Å²) < 4.78 is 0. The number of halogens is 1. The highest BCUT2D eigenvalue weighted by atomic mass is 35.5. The van der Waals surface area contributed by atoms with Gasteiger partial charge in [-0.15, -0.1) is 0 Å². The molecule has 15 heavy (non-hydrogen) atoms. The molecule has 82 valence electrons. The van der Waals surface area contributed by atoms with Crippen LogP contribution in [-0.2, 0) is 4.79 Å². The third-order valence-corrected chi connectivity index (χ3v) is 2.56. The molecule has 1 aromatic rings. The van der Waals surface area contributed by atoms with Gasteiger partial charge in [-0.05, 0) is 25.0 Å². The number of hydrogen-bond acceptors (Lipinski definition) is 2. The second kappa shape index (κ2) is 5.03. The van der Waals surface area contributed by atoms with E-state index in [2.05, 4.69) is 5.32 Å². The summed E-state index contributed by atoms with van der Waals surface area (Å²) in [7, 11) is 0. The van der Waals surface area contributed by atoms with Crippen molar-refractivity contribution in [3.8, 4) is 0 Å². The van der Waals surface area contributed by atoms with E-state index in [4.69, 9.17) is 16.7 Å². The number of rotatable bonds is 4. The van der Waals surface area contributed by atoms with E-state index in [1.807, 2.05) is 26.0 Å². The lowest BCUT2D eigenvalue weighted by Gasteiger charge is -2.16. The monoisotopic (exact) mass is 227 g/mol. The van der Waals surface area contributed by atoms with Gasteiger partial charge in [0.05, 0.1) is 10.7 Å². The quantitative estimate of drug-likeness (QED) is 0.832. The normalized spacial score (nSPS) is 12.2. The van der Waals surface area contributed by atoms with Crippen molar-refractivity contribution in [3.63, 3.8) is 0 Å². The minimum absolute atomic E-state index is 0.514. The molecule has 3 nitrogen and oxygen atoms in total. The molecule has 2 N–H and O–H groups in total. The first-order valence-electron chi connectivity index (χ1n) is 4.80. The Bertz CT molecular complexity index is 345. The number of carboxylic acids is 1. The van der Waals surface area contributed by atoms with Crippen molar-refractivity contribution in [1.29, 1.82) is 0 Å². The van der Waals surface area contributed by atoms with Gasteiger partial charge in [0.2, 0.25) is 0 Å². The van der Waals surface area contributed by atoms with E-state index in [1.54, 1.807) is 6.07 Å². The molecule has 1 rings (SSSR count). The lowest BCUT2D eigenvalue weighted by molar-refractivity contribution is -0.137. The van der Waals surface area contributed by atoms with Crippen LogP contribution < -0.4 is 5.32 Å². The summed E-state index contributed by atoms with van der Waals surface area (Å²) >= 11 is 5.98. The Morgan fingerprint density at radius 3 is 2.73 bits per heavy atom. The van der Waals surface area contributed by atoms with E-state index in [1.165, 1.54) is 0 Å². The number of nitrogens with one attached hydrogen (secondary N) is 1. The molecule has 0 saturated carbocycles. The SMILES string of the molecule is CCC(Nc1c(C)cccc1Cl)C(=O)O. The summed E-state index contributed by atoms with van der Waals surface area (Å²) in [6.45, 7) is 3.71. The van der Waals surface area contributed by atoms with E-state index in [0.717, 1.165) is 5.56 Å². The Hall–Kier alpha value is -1.22. The summed E-state index contributed by atoms with van der Waals surface area (Å²) in [5.41, 5.74) is 1.65. The first kappa shape index (κ1) is 11.9. The Balaban J connectivity index is 2.92. The van der Waals surface area contributed by atoms with Gasteiger partial charge in [0.1, 0.15) is 6.04 Å². The number of hydrogen-bond donors (Lipinski definition) is 2. The van der Waals surface area contributed by atoms with Crippen LogP contribution in [0, 0.1) is 6.92 Å². The third-order valence-electron chi connectivity index (χ3n) is 2.25. The maximum absolute atomic E-state index is 10.9. The van der Waals surface area contributed by atoms with Crippen molar-refractivity contribution in [1.82, 2.24) is 0 Å². The molecule has 1 atom stereocenters. The molecule has 1 aromatic carbocycles. The van der Waals surface area contributed by atoms with Crippen LogP contribution in [0.3, 0.4) is 0 Å². The van der Waals surface area contributed by atoms with Gasteiger partial charge in [-0.1, -0.05) is 30.7 Å². The van der Waals surface area contributed by atoms with Crippen molar-refractivity contribution < 1.29 is 9.90 Å². The van der Waals surface area contributed by atoms with Crippen LogP contribution in [-0.4, -0.2) is 17.1 Å². The van der Waals surface area contributed by atoms with Crippen LogP contribution in [0.15, 0.2) is 18.2 Å². The number of aliphatic carboxylic acids is 1. The standard InChI is InChI=1S/C11H14ClNO2/c1-3-9(11(14)15)13-10-7(2)5-4-6-8(10)12/h4-6,9,13H,3H2,1-2H3,(H,14,15). The van der Waals surface area contributed by atoms with Gasteiger partial charge in [0.25, 0.3) is 0 Å². The van der Waals surface area contributed by atoms with E-state index in [0.29, 0.717) is 17.1 Å². The molecule has 0 bridgehead atoms. The molecule has 0 aliphatic rings. The zero-order valence-electron chi connectivity index (χ0n) is 8.75. The molecule has 4 heteroatoms. The molecule has 0 aliphatic carbocycles. The molecule has 0 spiro atoms. The molecule has 0 fully saturated rings. The highest BCUT2D eigenvalue weighted by Gasteiger charge is 2.16. The third kappa shape index (κ3) is 2.86. The molecule has 1 unspecified atom stereocenters. The predicted octanol–water partition coefficient (Wildman–Crippen LogP) is 2.92. The average Bonchev–Trinajstić information content (AvgIpc) is 2.17. The minimum Gasteiger partial charge on any atom is -0.480 e. The van der Waals surface area contributed by atoms with Gasteiger partial charge in [-0.3, -0.25) is 0 Å². The highest BCUT2D eigenvalue weighted by molar-refractivity contribution is 6.33. The zero-order valence-corrected chi connectivity index (χ0v) is 9.51. The molecule has 0 aromatic heterocycles. The van der Waals surface area contributed by atoms with E-state index in [9.17, 15) is 4.79 Å². The highest BCUT2D eigenvalue weighted by Crippen LogP contribution is 2.26. The number of anilines is 1. The number of carboxylic acid groups (broad SMARTS) is 1. The molecule has 0 aliphatic heterocycles. The number of aryl methyl sites for hydroxylation is 1. The number of carbonyl (C=O) groups is 1. The Morgan fingerprint density at radius 1 is 1.60 bits per heavy atom. The van der Waals surface area contributed by atoms with Gasteiger partial charge in [0, 0.05) is 0 Å². The van der Waals surface area contributed by atoms with E-state index < -0.39 is 12.0 Å². The topological polar surface area (TPSA) is 49.3 Å². The maximum atomic E-state index is 10.9. The van der Waals surface area contributed by atoms with Crippen molar-refractivity contribution in [2.45, 2.75) is 26.3 Å². The smallest absolute Gasteiger partial charge is 0.326 e. The second-order valence-electron chi connectivity index (χ2n) is 3.38. The van der Waals surface area contributed by atoms with Crippen molar-refractivity contribution in [3.05, 3.63) is 28.8 Å². The number of para-hydroxylation sites is 1. The Labute approximate surface area is 94.1 Å². The van der Waals surface area contributed by atoms with Gasteiger partial charge < -0.3 is 10.4 Å². The molecule has 0 amide bonds. The molecule has 0 saturated heterocycles. The van der Waals surface area contributed by atoms with Gasteiger partial charge in [-0.2, -0.15) is 0 Å². The molecular formula is C11H14ClNO2. The minimum atomic E-state index is -0.864. The zero-order chi connectivity index (χ0) is 11.4. The fraction of sp³-hybridized carbons (Fsp3) is 0.364. The van der Waals surface area contributed by atoms with Crippen molar-refractivity contribution >= 4 is 23.3 Å². The fourth-order valence-electron chi connectivity index (χ4n) is 1.33. The summed E-state index contributed by atoms with van der Waals surface area (Å²) in [5, 5.41) is 12.4. The average molecular weight is 228 g/mol. The first-order valence-corrected chi connectivity index (χ1v) is 5.18. The van der Waals surface area contributed by atoms with E-state index >= 15 is 0 Å². The lowest BCUT2D eigenvalue weighted by atomic mass is 10.1. The summed E-state index contributed by atoms with van der Waals surface area (Å²) in [6, 6.07) is 4.88. The summed E-state index contributed by atoms with van der Waals surface area (Å²) in [4.78, 5) is 10.9. The van der Waals surface area contributed by atoms with Crippen molar-refractivity contribution in [2.75, 3.05) is 5.32 Å². The Morgan fingerprint density at radius 2 is 2.27 bits per heavy atom. The van der Waals surface area contributed by atoms with Gasteiger partial charge in [0.15, 0.2) is 0 Å². The van der Waals surface area contributed by atoms with Crippen LogP contribution in [0.1, 0.15) is 18.9 Å². The van der Waals surface area contributed by atoms with Crippen LogP contribution >= 0.6 is 11.6 Å². The van der Waals surface area contributed by atoms with Gasteiger partial charge in [-0.25, -0.2) is 4.79 Å². The first-order chi connectivity index (χ1) is 7.06. The van der Waals surface area contributed by atoms with E-state index in [-0.39, 0.29) is 0 Å². The van der Waals surface area contributed by atoms with Crippen LogP contribution in [0.2, 0.25) is 5.02 Å². The fourth-order valence-corrected chi connectivity index (χ4v) is 1.60. The summed E-state index contributed by atoms with van der Waals surface area (Å²) in [5.74, 6) is -0.864. The molecular weight excluding hydrogens is 214 g/mol. The Kier molecular flexibility index (Phi) is 3.97. The van der Waals surface area contributed by atoms with Crippen molar-refractivity contribution in [2.24, 2.45) is 0 Å². The predicted molar refractivity (Wildman–Crippen MR) is 61.5 cm³/mol. The largest absolute Gasteiger partial charge is 0.480 e. The van der Waals surface area contributed by atoms with Gasteiger partial charge >= 0.3 is 5.97 Å².